The highest BCUT2D eigenvalue weighted by atomic mass is 16.8. The lowest BCUT2D eigenvalue weighted by molar-refractivity contribution is -0.383. The Labute approximate surface area is 237 Å². The maximum atomic E-state index is 10.00. The number of aliphatic hydroxyl groups is 8. The van der Waals surface area contributed by atoms with E-state index in [-0.39, 0.29) is 0 Å². The molecule has 0 aromatic carbocycles. The lowest BCUT2D eigenvalue weighted by Crippen LogP contribution is -2.62. The molecule has 19 nitrogen and oxygen atoms in total. The molecule has 20 N–H and O–H groups in total. The van der Waals surface area contributed by atoms with Crippen molar-refractivity contribution in [1.29, 1.82) is 0 Å². The molecule has 19 heteroatoms. The molecule has 41 heavy (non-hydrogen) atoms. The normalized spacial score (nSPS) is 31.7. The zero-order chi connectivity index (χ0) is 32.8. The van der Waals surface area contributed by atoms with E-state index in [1.165, 1.54) is 0 Å². The number of hydrogen-bond donors (Lipinski definition) is 14. The van der Waals surface area contributed by atoms with Crippen LogP contribution in [-0.4, -0.2) is 153 Å². The van der Waals surface area contributed by atoms with Crippen LogP contribution in [0, 0.1) is 0 Å². The quantitative estimate of drug-likeness (QED) is 0.109. The molecule has 244 valence electrons. The highest BCUT2D eigenvalue weighted by Gasteiger charge is 2.58. The molecule has 0 aromatic rings. The second-order valence-corrected chi connectivity index (χ2v) is 7.93. The predicted molar refractivity (Wildman–Crippen MR) is 144 cm³/mol. The van der Waals surface area contributed by atoms with Gasteiger partial charge < -0.3 is 89.5 Å². The first-order valence-electron chi connectivity index (χ1n) is 12.1. The average Bonchev–Trinajstić information content (AvgIpc) is 3.22. The summed E-state index contributed by atoms with van der Waals surface area (Å²) in [6.07, 6.45) is -10.5. The van der Waals surface area contributed by atoms with Gasteiger partial charge in [-0.15, -0.1) is 0 Å². The molecule has 0 saturated carbocycles. The van der Waals surface area contributed by atoms with E-state index in [1.54, 1.807) is 0 Å². The van der Waals surface area contributed by atoms with Crippen LogP contribution in [0.3, 0.4) is 0 Å². The summed E-state index contributed by atoms with van der Waals surface area (Å²) in [6.45, 7) is 6.24. The van der Waals surface area contributed by atoms with Crippen molar-refractivity contribution in [3.63, 3.8) is 0 Å². The fourth-order valence-electron chi connectivity index (χ4n) is 2.63. The van der Waals surface area contributed by atoms with Crippen molar-refractivity contribution >= 4 is 11.8 Å². The van der Waals surface area contributed by atoms with Gasteiger partial charge in [0.1, 0.15) is 49.3 Å². The fraction of sp³-hybridized carbons (Fsp3) is 0.727. The van der Waals surface area contributed by atoms with E-state index in [2.05, 4.69) is 24.6 Å². The minimum absolute atomic E-state index is 0.481. The number of carbonyl (C=O) groups is 2. The van der Waals surface area contributed by atoms with Crippen molar-refractivity contribution in [2.75, 3.05) is 46.0 Å². The molecular weight excluding hydrogens is 556 g/mol. The predicted octanol–water partition coefficient (Wildman–Crippen LogP) is -8.27. The molecule has 0 unspecified atom stereocenters. The first kappa shape index (κ1) is 43.3. The van der Waals surface area contributed by atoms with Gasteiger partial charge >= 0.3 is 0 Å². The van der Waals surface area contributed by atoms with E-state index in [0.717, 1.165) is 12.2 Å². The SMILES string of the molecule is C=CC(N)=O.C=CC(N)=O.NCCN.NCCN.OC[C@H]1O[C@@](CO)(O[C@H]2O[C@H](CO)[C@@H](O)[C@H](O)[C@H]2O)[C@@H](O)[C@@H]1O. The molecule has 2 rings (SSSR count). The van der Waals surface area contributed by atoms with Crippen molar-refractivity contribution in [3.8, 4) is 0 Å². The van der Waals surface area contributed by atoms with E-state index < -0.39 is 86.4 Å². The minimum atomic E-state index is -2.22. The molecule has 0 aromatic heterocycles. The smallest absolute Gasteiger partial charge is 0.240 e. The van der Waals surface area contributed by atoms with E-state index in [9.17, 15) is 40.2 Å². The Morgan fingerprint density at radius 1 is 0.732 bits per heavy atom. The number of nitrogens with two attached hydrogens (primary N) is 6. The standard InChI is InChI=1S/C12H22O11.2C3H5NO.2C2H8N2/c13-1-4-6(16)8(18)9(19)11(21-4)23-12(3-15)10(20)7(17)5(2-14)22-12;2*1-2-3(4)5;2*3-1-2-4/h4-11,13-20H,1-3H2;2*2H,1H2,(H2,4,5);2*1-4H2/t4-,5-,6-,7-,8+,9-,10+,11-,12+;;;;/m1..../s1. The van der Waals surface area contributed by atoms with Gasteiger partial charge in [-0.05, 0) is 12.2 Å². The summed E-state index contributed by atoms with van der Waals surface area (Å²) in [6, 6.07) is 0. The average molecular weight is 605 g/mol. The monoisotopic (exact) mass is 604 g/mol. The second kappa shape index (κ2) is 24.4. The Hall–Kier alpha value is -2.18. The first-order valence-corrected chi connectivity index (χ1v) is 12.1. The molecule has 0 bridgehead atoms. The maximum Gasteiger partial charge on any atom is 0.240 e. The van der Waals surface area contributed by atoms with Crippen LogP contribution in [0.5, 0.6) is 0 Å². The Balaban J connectivity index is -0.000000653. The van der Waals surface area contributed by atoms with Crippen LogP contribution >= 0.6 is 0 Å². The van der Waals surface area contributed by atoms with Gasteiger partial charge in [0.2, 0.25) is 17.6 Å². The fourth-order valence-corrected chi connectivity index (χ4v) is 2.63. The summed E-state index contributed by atoms with van der Waals surface area (Å²) in [4.78, 5) is 18.9. The summed E-state index contributed by atoms with van der Waals surface area (Å²) in [5, 5.41) is 76.7. The van der Waals surface area contributed by atoms with Gasteiger partial charge in [0.05, 0.1) is 13.2 Å². The summed E-state index contributed by atoms with van der Waals surface area (Å²) in [5.41, 5.74) is 28.7. The van der Waals surface area contributed by atoms with E-state index >= 15 is 0 Å². The molecule has 2 heterocycles. The topological polar surface area (TPSA) is 380 Å². The number of aliphatic hydroxyl groups excluding tert-OH is 8. The molecule has 2 fully saturated rings. The Morgan fingerprint density at radius 2 is 1.12 bits per heavy atom. The summed E-state index contributed by atoms with van der Waals surface area (Å²) < 4.78 is 15.4. The molecule has 0 aliphatic carbocycles. The molecule has 0 spiro atoms. The Morgan fingerprint density at radius 3 is 1.39 bits per heavy atom. The number of carbonyl (C=O) groups excluding carboxylic acids is 2. The van der Waals surface area contributed by atoms with Crippen LogP contribution in [0.1, 0.15) is 0 Å². The van der Waals surface area contributed by atoms with E-state index in [0.29, 0.717) is 26.2 Å². The first-order chi connectivity index (χ1) is 19.2. The second-order valence-electron chi connectivity index (χ2n) is 7.93. The van der Waals surface area contributed by atoms with Gasteiger partial charge in [-0.2, -0.15) is 0 Å². The number of rotatable bonds is 9. The van der Waals surface area contributed by atoms with Crippen LogP contribution in [0.15, 0.2) is 25.3 Å². The largest absolute Gasteiger partial charge is 0.394 e. The minimum Gasteiger partial charge on any atom is -0.394 e. The van der Waals surface area contributed by atoms with E-state index in [4.69, 9.17) is 47.4 Å². The number of primary amides is 2. The number of amides is 2. The van der Waals surface area contributed by atoms with Crippen LogP contribution < -0.4 is 34.4 Å². The van der Waals surface area contributed by atoms with Crippen LogP contribution in [-0.2, 0) is 23.8 Å². The van der Waals surface area contributed by atoms with Crippen LogP contribution in [0.4, 0.5) is 0 Å². The van der Waals surface area contributed by atoms with Gasteiger partial charge in [0.15, 0.2) is 6.29 Å². The van der Waals surface area contributed by atoms with Gasteiger partial charge in [-0.3, -0.25) is 9.59 Å². The van der Waals surface area contributed by atoms with E-state index in [1.807, 2.05) is 0 Å². The highest BCUT2D eigenvalue weighted by molar-refractivity contribution is 5.85. The third-order valence-corrected chi connectivity index (χ3v) is 4.81. The molecule has 9 atom stereocenters. The van der Waals surface area contributed by atoms with Crippen LogP contribution in [0.25, 0.3) is 0 Å². The lowest BCUT2D eigenvalue weighted by atomic mass is 9.99. The third kappa shape index (κ3) is 16.1. The number of hydrogen-bond acceptors (Lipinski definition) is 17. The van der Waals surface area contributed by atoms with Crippen molar-refractivity contribution in [1.82, 2.24) is 0 Å². The summed E-state index contributed by atoms with van der Waals surface area (Å²) in [7, 11) is 0. The Bertz CT molecular complexity index is 697. The Kier molecular flexibility index (Phi) is 25.8. The third-order valence-electron chi connectivity index (χ3n) is 4.81. The lowest BCUT2D eigenvalue weighted by Gasteiger charge is -2.43. The van der Waals surface area contributed by atoms with Crippen molar-refractivity contribution in [2.24, 2.45) is 34.4 Å². The van der Waals surface area contributed by atoms with Gasteiger partial charge in [-0.1, -0.05) is 13.2 Å². The molecular formula is C22H48N6O13. The summed E-state index contributed by atoms with van der Waals surface area (Å²) >= 11 is 0. The highest BCUT2D eigenvalue weighted by Crippen LogP contribution is 2.35. The van der Waals surface area contributed by atoms with Gasteiger partial charge in [-0.25, -0.2) is 0 Å². The molecule has 2 saturated heterocycles. The van der Waals surface area contributed by atoms with Gasteiger partial charge in [0, 0.05) is 26.2 Å². The van der Waals surface area contributed by atoms with Crippen molar-refractivity contribution in [3.05, 3.63) is 25.3 Å². The van der Waals surface area contributed by atoms with Crippen molar-refractivity contribution in [2.45, 2.75) is 54.8 Å². The van der Waals surface area contributed by atoms with Gasteiger partial charge in [0.25, 0.3) is 0 Å². The summed E-state index contributed by atoms with van der Waals surface area (Å²) in [5.74, 6) is -3.18. The van der Waals surface area contributed by atoms with Crippen molar-refractivity contribution < 1.29 is 64.7 Å². The molecule has 2 aliphatic heterocycles. The number of ether oxygens (including phenoxy) is 3. The maximum absolute atomic E-state index is 10.00. The molecule has 2 aliphatic rings. The zero-order valence-corrected chi connectivity index (χ0v) is 22.7. The molecule has 0 radical (unpaired) electrons. The van der Waals surface area contributed by atoms with Crippen LogP contribution in [0.2, 0.25) is 0 Å². The molecule has 2 amide bonds. The zero-order valence-electron chi connectivity index (χ0n) is 22.7.